The highest BCUT2D eigenvalue weighted by Gasteiger charge is 2.43. The van der Waals surface area contributed by atoms with E-state index in [1.807, 2.05) is 6.07 Å². The molecule has 38 heavy (non-hydrogen) atoms. The van der Waals surface area contributed by atoms with E-state index >= 15 is 0 Å². The van der Waals surface area contributed by atoms with E-state index in [1.54, 1.807) is 0 Å². The van der Waals surface area contributed by atoms with Crippen LogP contribution in [0.5, 0.6) is 0 Å². The van der Waals surface area contributed by atoms with Gasteiger partial charge >= 0.3 is 0 Å². The Labute approximate surface area is 237 Å². The molecule has 6 nitrogen and oxygen atoms in total. The lowest BCUT2D eigenvalue weighted by Crippen LogP contribution is -2.47. The molecular formula is C30H36Cl2N4O2. The molecule has 0 saturated carbocycles. The third-order valence-corrected chi connectivity index (χ3v) is 7.77. The molecule has 0 aromatic heterocycles. The maximum atomic E-state index is 9.22. The van der Waals surface area contributed by atoms with Gasteiger partial charge in [-0.15, -0.1) is 24.8 Å². The molecule has 1 fully saturated rings. The number of β-amino-alcohol motifs (C(OH)–C–C–N with tert-alkyl or cyclic N) is 1. The second kappa shape index (κ2) is 13.0. The van der Waals surface area contributed by atoms with Gasteiger partial charge in [-0.25, -0.2) is 0 Å². The normalized spacial score (nSPS) is 20.6. The average Bonchev–Trinajstić information content (AvgIpc) is 3.33. The van der Waals surface area contributed by atoms with E-state index < -0.39 is 0 Å². The van der Waals surface area contributed by atoms with Crippen molar-refractivity contribution in [3.8, 4) is 0 Å². The molecule has 0 aliphatic carbocycles. The van der Waals surface area contributed by atoms with E-state index in [0.717, 1.165) is 63.5 Å². The van der Waals surface area contributed by atoms with Gasteiger partial charge in [-0.2, -0.15) is 0 Å². The van der Waals surface area contributed by atoms with Crippen LogP contribution in [-0.4, -0.2) is 73.0 Å². The van der Waals surface area contributed by atoms with Crippen molar-refractivity contribution in [1.29, 1.82) is 0 Å². The van der Waals surface area contributed by atoms with E-state index in [2.05, 4.69) is 92.7 Å². The Hall–Kier alpha value is -2.61. The molecule has 8 heteroatoms. The Balaban J connectivity index is 0.00000168. The molecule has 3 aliphatic heterocycles. The first kappa shape index (κ1) is 28.4. The lowest BCUT2D eigenvalue weighted by molar-refractivity contribution is 0.0772. The van der Waals surface area contributed by atoms with Crippen LogP contribution in [0, 0.1) is 0 Å². The van der Waals surface area contributed by atoms with Crippen LogP contribution in [0.15, 0.2) is 84.0 Å². The predicted molar refractivity (Wildman–Crippen MR) is 159 cm³/mol. The number of piperazine rings is 1. The van der Waals surface area contributed by atoms with Crippen molar-refractivity contribution in [2.75, 3.05) is 57.3 Å². The third kappa shape index (κ3) is 5.56. The fourth-order valence-corrected chi connectivity index (χ4v) is 5.93. The Morgan fingerprint density at radius 1 is 0.711 bits per heavy atom. The van der Waals surface area contributed by atoms with Crippen LogP contribution in [0.1, 0.15) is 35.1 Å². The van der Waals surface area contributed by atoms with E-state index in [1.165, 1.54) is 22.5 Å². The van der Waals surface area contributed by atoms with Crippen LogP contribution in [-0.2, 0) is 4.84 Å². The molecule has 3 heterocycles. The Kier molecular flexibility index (Phi) is 9.69. The summed E-state index contributed by atoms with van der Waals surface area (Å²) in [4.78, 5) is 13.6. The van der Waals surface area contributed by atoms with Crippen molar-refractivity contribution < 1.29 is 9.94 Å². The second-order valence-electron chi connectivity index (χ2n) is 9.88. The summed E-state index contributed by atoms with van der Waals surface area (Å²) in [6.07, 6.45) is 0.945. The van der Waals surface area contributed by atoms with E-state index in [-0.39, 0.29) is 43.4 Å². The highest BCUT2D eigenvalue weighted by Crippen LogP contribution is 2.51. The van der Waals surface area contributed by atoms with Crippen molar-refractivity contribution in [3.63, 3.8) is 0 Å². The van der Waals surface area contributed by atoms with Crippen LogP contribution in [0.4, 0.5) is 11.4 Å². The summed E-state index contributed by atoms with van der Waals surface area (Å²) < 4.78 is 0. The summed E-state index contributed by atoms with van der Waals surface area (Å²) in [5.41, 5.74) is 7.06. The summed E-state index contributed by atoms with van der Waals surface area (Å²) in [6.45, 7) is 7.28. The minimum Gasteiger partial charge on any atom is -0.395 e. The summed E-state index contributed by atoms with van der Waals surface area (Å²) in [5.74, 6) is 0.0503. The van der Waals surface area contributed by atoms with Gasteiger partial charge in [0.25, 0.3) is 0 Å². The highest BCUT2D eigenvalue weighted by atomic mass is 35.5. The standard InChI is InChI=1S/C30H34N4O2.2ClH/c35-22-21-33-19-17-32(18-20-33)15-8-16-34-26-13-6-4-11-24(26)28-29(23-9-2-1-3-10-23)31-36-30(28)25-12-5-7-14-27(25)34;;/h1-7,9-14,28,30,35H,8,15-22H2;2*1H. The number of aliphatic hydroxyl groups excluding tert-OH is 1. The molecule has 2 atom stereocenters. The topological polar surface area (TPSA) is 51.5 Å². The fourth-order valence-electron chi connectivity index (χ4n) is 5.93. The molecule has 1 saturated heterocycles. The van der Waals surface area contributed by atoms with Crippen molar-refractivity contribution in [2.45, 2.75) is 18.4 Å². The SMILES string of the molecule is Cl.Cl.OCCN1CCN(CCCN2c3ccccc3C3ON=C(c4ccccc4)C3c3ccccc32)CC1. The van der Waals surface area contributed by atoms with Crippen LogP contribution < -0.4 is 4.90 Å². The zero-order chi connectivity index (χ0) is 24.3. The van der Waals surface area contributed by atoms with Gasteiger partial charge in [0.05, 0.1) is 18.2 Å². The third-order valence-electron chi connectivity index (χ3n) is 7.77. The zero-order valence-corrected chi connectivity index (χ0v) is 23.1. The molecule has 2 unspecified atom stereocenters. The lowest BCUT2D eigenvalue weighted by Gasteiger charge is -2.35. The molecule has 3 aliphatic rings. The summed E-state index contributed by atoms with van der Waals surface area (Å²) >= 11 is 0. The number of halogens is 2. The molecule has 3 aromatic carbocycles. The molecule has 202 valence electrons. The summed E-state index contributed by atoms with van der Waals surface area (Å²) in [7, 11) is 0. The van der Waals surface area contributed by atoms with Crippen molar-refractivity contribution in [3.05, 3.63) is 95.6 Å². The molecule has 0 amide bonds. The monoisotopic (exact) mass is 554 g/mol. The van der Waals surface area contributed by atoms with Crippen molar-refractivity contribution in [2.24, 2.45) is 5.16 Å². The van der Waals surface area contributed by atoms with E-state index in [0.29, 0.717) is 0 Å². The number of aliphatic hydroxyl groups is 1. The smallest absolute Gasteiger partial charge is 0.167 e. The lowest BCUT2D eigenvalue weighted by atomic mass is 9.83. The van der Waals surface area contributed by atoms with E-state index in [9.17, 15) is 5.11 Å². The van der Waals surface area contributed by atoms with Gasteiger partial charge in [0.1, 0.15) is 0 Å². The molecule has 1 N–H and O–H groups in total. The first-order chi connectivity index (χ1) is 17.8. The molecule has 0 spiro atoms. The number of anilines is 2. The van der Waals surface area contributed by atoms with Crippen LogP contribution in [0.2, 0.25) is 0 Å². The number of nitrogens with zero attached hydrogens (tertiary/aromatic N) is 4. The van der Waals surface area contributed by atoms with Gasteiger partial charge in [0.2, 0.25) is 0 Å². The van der Waals surface area contributed by atoms with Gasteiger partial charge in [0, 0.05) is 61.8 Å². The fraction of sp³-hybridized carbons (Fsp3) is 0.367. The number of hydrogen-bond donors (Lipinski definition) is 1. The second-order valence-corrected chi connectivity index (χ2v) is 9.88. The zero-order valence-electron chi connectivity index (χ0n) is 21.5. The first-order valence-electron chi connectivity index (χ1n) is 13.1. The maximum absolute atomic E-state index is 9.22. The van der Waals surface area contributed by atoms with Gasteiger partial charge in [0.15, 0.2) is 6.10 Å². The number of oxime groups is 1. The van der Waals surface area contributed by atoms with Gasteiger partial charge in [-0.1, -0.05) is 71.9 Å². The van der Waals surface area contributed by atoms with Gasteiger partial charge in [-0.3, -0.25) is 4.90 Å². The maximum Gasteiger partial charge on any atom is 0.167 e. The minimum absolute atomic E-state index is 0. The highest BCUT2D eigenvalue weighted by molar-refractivity contribution is 6.07. The number of rotatable bonds is 7. The predicted octanol–water partition coefficient (Wildman–Crippen LogP) is 5.24. The largest absolute Gasteiger partial charge is 0.395 e. The number of fused-ring (bicyclic) bond motifs is 5. The number of hydrogen-bond acceptors (Lipinski definition) is 6. The van der Waals surface area contributed by atoms with Crippen molar-refractivity contribution >= 4 is 41.9 Å². The summed E-state index contributed by atoms with van der Waals surface area (Å²) in [6, 6.07) is 27.9. The quantitative estimate of drug-likeness (QED) is 0.432. The van der Waals surface area contributed by atoms with Crippen LogP contribution >= 0.6 is 24.8 Å². The Morgan fingerprint density at radius 2 is 1.29 bits per heavy atom. The molecule has 6 rings (SSSR count). The molecule has 0 radical (unpaired) electrons. The van der Waals surface area contributed by atoms with Crippen LogP contribution in [0.3, 0.4) is 0 Å². The number of para-hydroxylation sites is 2. The average molecular weight is 556 g/mol. The minimum atomic E-state index is -0.137. The van der Waals surface area contributed by atoms with Gasteiger partial charge in [-0.05, 0) is 30.7 Å². The van der Waals surface area contributed by atoms with E-state index in [4.69, 9.17) is 4.84 Å². The van der Waals surface area contributed by atoms with Crippen molar-refractivity contribution in [1.82, 2.24) is 9.80 Å². The molecular weight excluding hydrogens is 519 g/mol. The molecule has 3 aromatic rings. The van der Waals surface area contributed by atoms with Gasteiger partial charge < -0.3 is 19.7 Å². The Morgan fingerprint density at radius 3 is 1.97 bits per heavy atom. The van der Waals surface area contributed by atoms with Crippen LogP contribution in [0.25, 0.3) is 0 Å². The Bertz CT molecular complexity index is 1220. The number of benzene rings is 3. The summed E-state index contributed by atoms with van der Waals surface area (Å²) in [5, 5.41) is 13.8. The first-order valence-corrected chi connectivity index (χ1v) is 13.1. The molecule has 0 bridgehead atoms.